The Bertz CT molecular complexity index is 439. The summed E-state index contributed by atoms with van der Waals surface area (Å²) in [7, 11) is 0. The number of anilines is 1. The number of aromatic nitrogens is 2. The summed E-state index contributed by atoms with van der Waals surface area (Å²) in [6.07, 6.45) is 4.15. The molecule has 2 rings (SSSR count). The second kappa shape index (κ2) is 4.54. The smallest absolute Gasteiger partial charge is 0.140 e. The average molecular weight is 252 g/mol. The summed E-state index contributed by atoms with van der Waals surface area (Å²) in [6, 6.07) is 0. The van der Waals surface area contributed by atoms with Crippen LogP contribution in [0.2, 0.25) is 0 Å². The number of hydrogen-bond acceptors (Lipinski definition) is 5. The van der Waals surface area contributed by atoms with Crippen molar-refractivity contribution >= 4 is 23.0 Å². The monoisotopic (exact) mass is 252 g/mol. The Morgan fingerprint density at radius 2 is 2.47 bits per heavy atom. The highest BCUT2D eigenvalue weighted by molar-refractivity contribution is 7.80. The molecule has 3 N–H and O–H groups in total. The molecule has 5 nitrogen and oxygen atoms in total. The van der Waals surface area contributed by atoms with Gasteiger partial charge in [-0.05, 0) is 20.3 Å². The van der Waals surface area contributed by atoms with Crippen LogP contribution in [-0.2, 0) is 4.74 Å². The van der Waals surface area contributed by atoms with Crippen LogP contribution < -0.4 is 11.1 Å². The van der Waals surface area contributed by atoms with Gasteiger partial charge in [0.2, 0.25) is 0 Å². The maximum Gasteiger partial charge on any atom is 0.140 e. The van der Waals surface area contributed by atoms with Crippen LogP contribution in [0.3, 0.4) is 0 Å². The van der Waals surface area contributed by atoms with E-state index in [1.54, 1.807) is 6.20 Å². The van der Waals surface area contributed by atoms with Gasteiger partial charge in [0, 0.05) is 12.8 Å². The lowest BCUT2D eigenvalue weighted by Gasteiger charge is -2.30. The van der Waals surface area contributed by atoms with E-state index in [9.17, 15) is 0 Å². The Morgan fingerprint density at radius 3 is 3.06 bits per heavy atom. The van der Waals surface area contributed by atoms with Gasteiger partial charge in [-0.1, -0.05) is 12.2 Å². The van der Waals surface area contributed by atoms with E-state index in [0.29, 0.717) is 16.4 Å². The van der Waals surface area contributed by atoms with Crippen molar-refractivity contribution in [2.45, 2.75) is 31.9 Å². The van der Waals surface area contributed by atoms with Crippen molar-refractivity contribution in [3.05, 3.63) is 18.1 Å². The third-order valence-corrected chi connectivity index (χ3v) is 3.49. The van der Waals surface area contributed by atoms with Crippen molar-refractivity contribution in [3.8, 4) is 0 Å². The highest BCUT2D eigenvalue weighted by Gasteiger charge is 2.37. The molecule has 0 spiro atoms. The molecular weight excluding hydrogens is 236 g/mol. The molecule has 0 radical (unpaired) electrons. The fraction of sp³-hybridized carbons (Fsp3) is 0.545. The summed E-state index contributed by atoms with van der Waals surface area (Å²) in [5, 5.41) is 3.37. The molecule has 17 heavy (non-hydrogen) atoms. The minimum Gasteiger partial charge on any atom is -0.389 e. The van der Waals surface area contributed by atoms with Crippen molar-refractivity contribution in [2.24, 2.45) is 5.73 Å². The molecule has 1 aliphatic rings. The maximum absolute atomic E-state index is 5.65. The van der Waals surface area contributed by atoms with Crippen molar-refractivity contribution < 1.29 is 4.74 Å². The van der Waals surface area contributed by atoms with E-state index < -0.39 is 0 Å². The van der Waals surface area contributed by atoms with E-state index in [1.807, 2.05) is 6.92 Å². The van der Waals surface area contributed by atoms with Crippen LogP contribution in [0.25, 0.3) is 0 Å². The van der Waals surface area contributed by atoms with Gasteiger partial charge in [-0.2, -0.15) is 0 Å². The van der Waals surface area contributed by atoms with E-state index >= 15 is 0 Å². The number of rotatable bonds is 3. The molecule has 1 aromatic heterocycles. The van der Waals surface area contributed by atoms with E-state index in [1.165, 1.54) is 6.33 Å². The van der Waals surface area contributed by atoms with Gasteiger partial charge in [-0.3, -0.25) is 0 Å². The highest BCUT2D eigenvalue weighted by Crippen LogP contribution is 2.29. The van der Waals surface area contributed by atoms with Gasteiger partial charge in [0.15, 0.2) is 0 Å². The molecule has 2 heterocycles. The van der Waals surface area contributed by atoms with Crippen LogP contribution in [0.4, 0.5) is 5.82 Å². The Kier molecular flexibility index (Phi) is 3.26. The molecule has 2 unspecified atom stereocenters. The Morgan fingerprint density at radius 1 is 1.71 bits per heavy atom. The van der Waals surface area contributed by atoms with Gasteiger partial charge >= 0.3 is 0 Å². The van der Waals surface area contributed by atoms with E-state index in [-0.39, 0.29) is 11.6 Å². The van der Waals surface area contributed by atoms with Gasteiger partial charge in [-0.25, -0.2) is 9.97 Å². The summed E-state index contributed by atoms with van der Waals surface area (Å²) < 4.78 is 5.57. The fourth-order valence-electron chi connectivity index (χ4n) is 1.88. The van der Waals surface area contributed by atoms with Crippen molar-refractivity contribution in [1.82, 2.24) is 9.97 Å². The second-order valence-corrected chi connectivity index (χ2v) is 4.89. The molecule has 1 saturated heterocycles. The summed E-state index contributed by atoms with van der Waals surface area (Å²) in [6.45, 7) is 4.90. The van der Waals surface area contributed by atoms with Gasteiger partial charge in [0.1, 0.15) is 17.1 Å². The fourth-order valence-corrected chi connectivity index (χ4v) is 2.03. The molecule has 6 heteroatoms. The first kappa shape index (κ1) is 12.2. The van der Waals surface area contributed by atoms with Gasteiger partial charge in [0.05, 0.1) is 17.2 Å². The maximum atomic E-state index is 5.65. The molecule has 1 aromatic rings. The number of nitrogens with two attached hydrogens (primary N) is 1. The second-order valence-electron chi connectivity index (χ2n) is 4.45. The Balaban J connectivity index is 2.27. The number of thiocarbonyl (C=S) groups is 1. The zero-order chi connectivity index (χ0) is 12.5. The van der Waals surface area contributed by atoms with Crippen molar-refractivity contribution in [1.29, 1.82) is 0 Å². The zero-order valence-corrected chi connectivity index (χ0v) is 10.8. The number of hydrogen-bond donors (Lipinski definition) is 2. The van der Waals surface area contributed by atoms with E-state index in [2.05, 4.69) is 22.2 Å². The number of nitrogens with one attached hydrogen (secondary N) is 1. The van der Waals surface area contributed by atoms with Crippen molar-refractivity contribution in [2.75, 3.05) is 11.9 Å². The first-order chi connectivity index (χ1) is 8.03. The van der Waals surface area contributed by atoms with Gasteiger partial charge < -0.3 is 15.8 Å². The van der Waals surface area contributed by atoms with Crippen LogP contribution in [0.15, 0.2) is 12.5 Å². The topological polar surface area (TPSA) is 73.1 Å². The average Bonchev–Trinajstić information content (AvgIpc) is 2.59. The SMILES string of the molecule is CC1OCCC1(C)Nc1ncncc1C(N)=S. The predicted molar refractivity (Wildman–Crippen MR) is 70.0 cm³/mol. The molecule has 0 amide bonds. The first-order valence-electron chi connectivity index (χ1n) is 5.52. The predicted octanol–water partition coefficient (Wildman–Crippen LogP) is 1.09. The molecule has 92 valence electrons. The largest absolute Gasteiger partial charge is 0.389 e. The summed E-state index contributed by atoms with van der Waals surface area (Å²) in [5.41, 5.74) is 6.17. The number of nitrogens with zero attached hydrogens (tertiary/aromatic N) is 2. The minimum atomic E-state index is -0.145. The lowest BCUT2D eigenvalue weighted by molar-refractivity contribution is 0.105. The van der Waals surface area contributed by atoms with E-state index in [4.69, 9.17) is 22.7 Å². The molecule has 2 atom stereocenters. The lowest BCUT2D eigenvalue weighted by atomic mass is 9.94. The normalized spacial score (nSPS) is 28.0. The molecule has 1 aliphatic heterocycles. The molecule has 0 bridgehead atoms. The van der Waals surface area contributed by atoms with Gasteiger partial charge in [-0.15, -0.1) is 0 Å². The summed E-state index contributed by atoms with van der Waals surface area (Å²) in [4.78, 5) is 8.43. The first-order valence-corrected chi connectivity index (χ1v) is 5.93. The molecule has 0 aliphatic carbocycles. The zero-order valence-electron chi connectivity index (χ0n) is 9.93. The summed E-state index contributed by atoms with van der Waals surface area (Å²) >= 11 is 4.98. The molecular formula is C11H16N4OS. The standard InChI is InChI=1S/C11H16N4OS/c1-7-11(2,3-4-16-7)15-10-8(9(12)17)5-13-6-14-10/h5-7H,3-4H2,1-2H3,(H2,12,17)(H,13,14,15). The van der Waals surface area contributed by atoms with Crippen molar-refractivity contribution in [3.63, 3.8) is 0 Å². The van der Waals surface area contributed by atoms with Crippen LogP contribution in [-0.4, -0.2) is 33.2 Å². The Hall–Kier alpha value is -1.27. The number of ether oxygens (including phenoxy) is 1. The minimum absolute atomic E-state index is 0.122. The van der Waals surface area contributed by atoms with Gasteiger partial charge in [0.25, 0.3) is 0 Å². The third-order valence-electron chi connectivity index (χ3n) is 3.27. The third kappa shape index (κ3) is 2.37. The van der Waals surface area contributed by atoms with E-state index in [0.717, 1.165) is 13.0 Å². The van der Waals surface area contributed by atoms with Crippen LogP contribution in [0, 0.1) is 0 Å². The summed E-state index contributed by atoms with van der Waals surface area (Å²) in [5.74, 6) is 0.673. The molecule has 1 fully saturated rings. The van der Waals surface area contributed by atoms with Crippen LogP contribution in [0.1, 0.15) is 25.8 Å². The van der Waals surface area contributed by atoms with Crippen LogP contribution >= 0.6 is 12.2 Å². The lowest BCUT2D eigenvalue weighted by Crippen LogP contribution is -2.42. The quantitative estimate of drug-likeness (QED) is 0.785. The molecule has 0 saturated carbocycles. The Labute approximate surface area is 106 Å². The van der Waals surface area contributed by atoms with Crippen LogP contribution in [0.5, 0.6) is 0 Å². The molecule has 0 aromatic carbocycles. The highest BCUT2D eigenvalue weighted by atomic mass is 32.1.